The minimum absolute atomic E-state index is 0.246. The molecule has 0 spiro atoms. The van der Waals surface area contributed by atoms with E-state index in [1.54, 1.807) is 25.1 Å². The first-order valence-corrected chi connectivity index (χ1v) is 11.0. The van der Waals surface area contributed by atoms with E-state index in [9.17, 15) is 8.42 Å². The van der Waals surface area contributed by atoms with Gasteiger partial charge < -0.3 is 9.15 Å². The molecule has 0 aliphatic carbocycles. The van der Waals surface area contributed by atoms with Crippen molar-refractivity contribution < 1.29 is 17.6 Å². The number of ether oxygens (including phenoxy) is 1. The molecule has 0 radical (unpaired) electrons. The maximum atomic E-state index is 13.0. The van der Waals surface area contributed by atoms with Crippen molar-refractivity contribution in [3.8, 4) is 22.9 Å². The number of aryl methyl sites for hydroxylation is 1. The average Bonchev–Trinajstić information content (AvgIpc) is 3.19. The largest absolute Gasteiger partial charge is 0.416 e. The molecule has 0 atom stereocenters. The standard InChI is InChI=1S/C19H18BrN3O4S/c1-13-2-3-15(12-17(13)28(24,25)23-8-10-26-11-9-23)19-22-21-18(27-19)14-4-6-16(20)7-5-14/h2-7,12H,8-11H2,1H3. The zero-order valence-electron chi connectivity index (χ0n) is 15.1. The number of halogens is 1. The predicted octanol–water partition coefficient (Wildman–Crippen LogP) is 3.50. The van der Waals surface area contributed by atoms with Crippen molar-refractivity contribution in [1.82, 2.24) is 14.5 Å². The van der Waals surface area contributed by atoms with Crippen LogP contribution in [0.25, 0.3) is 22.9 Å². The summed E-state index contributed by atoms with van der Waals surface area (Å²) < 4.78 is 39.5. The summed E-state index contributed by atoms with van der Waals surface area (Å²) in [6.45, 7) is 3.27. The van der Waals surface area contributed by atoms with Crippen LogP contribution in [0.5, 0.6) is 0 Å². The Kier molecular flexibility index (Phi) is 5.33. The Morgan fingerprint density at radius 2 is 1.57 bits per heavy atom. The number of hydrogen-bond donors (Lipinski definition) is 0. The molecule has 1 saturated heterocycles. The molecule has 146 valence electrons. The zero-order valence-corrected chi connectivity index (χ0v) is 17.5. The van der Waals surface area contributed by atoms with Gasteiger partial charge in [0.05, 0.1) is 18.1 Å². The van der Waals surface area contributed by atoms with Gasteiger partial charge in [-0.25, -0.2) is 8.42 Å². The third kappa shape index (κ3) is 3.75. The zero-order chi connectivity index (χ0) is 19.7. The van der Waals surface area contributed by atoms with Crippen molar-refractivity contribution in [1.29, 1.82) is 0 Å². The molecule has 1 aromatic heterocycles. The SMILES string of the molecule is Cc1ccc(-c2nnc(-c3ccc(Br)cc3)o2)cc1S(=O)(=O)N1CCOCC1. The van der Waals surface area contributed by atoms with Gasteiger partial charge in [0, 0.05) is 28.7 Å². The van der Waals surface area contributed by atoms with Gasteiger partial charge in [0.25, 0.3) is 0 Å². The summed E-state index contributed by atoms with van der Waals surface area (Å²) in [6, 6.07) is 12.6. The molecule has 2 heterocycles. The molecular formula is C19H18BrN3O4S. The van der Waals surface area contributed by atoms with Crippen LogP contribution in [-0.2, 0) is 14.8 Å². The van der Waals surface area contributed by atoms with Crippen LogP contribution in [0.15, 0.2) is 56.2 Å². The van der Waals surface area contributed by atoms with Gasteiger partial charge in [-0.2, -0.15) is 4.31 Å². The Bertz CT molecular complexity index is 1090. The molecule has 0 N–H and O–H groups in total. The minimum Gasteiger partial charge on any atom is -0.416 e. The predicted molar refractivity (Wildman–Crippen MR) is 107 cm³/mol. The number of benzene rings is 2. The van der Waals surface area contributed by atoms with E-state index in [1.165, 1.54) is 4.31 Å². The van der Waals surface area contributed by atoms with Gasteiger partial charge in [0.2, 0.25) is 21.8 Å². The van der Waals surface area contributed by atoms with E-state index in [0.717, 1.165) is 10.0 Å². The lowest BCUT2D eigenvalue weighted by molar-refractivity contribution is 0.0730. The van der Waals surface area contributed by atoms with Crippen molar-refractivity contribution in [2.75, 3.05) is 26.3 Å². The molecule has 4 rings (SSSR count). The number of nitrogens with zero attached hydrogens (tertiary/aromatic N) is 3. The molecule has 1 fully saturated rings. The van der Waals surface area contributed by atoms with E-state index in [1.807, 2.05) is 24.3 Å². The Labute approximate surface area is 171 Å². The molecule has 3 aromatic rings. The molecule has 28 heavy (non-hydrogen) atoms. The number of hydrogen-bond acceptors (Lipinski definition) is 6. The van der Waals surface area contributed by atoms with E-state index in [2.05, 4.69) is 26.1 Å². The van der Waals surface area contributed by atoms with Crippen LogP contribution >= 0.6 is 15.9 Å². The molecule has 9 heteroatoms. The highest BCUT2D eigenvalue weighted by Crippen LogP contribution is 2.29. The lowest BCUT2D eigenvalue weighted by Crippen LogP contribution is -2.40. The number of aromatic nitrogens is 2. The summed E-state index contributed by atoms with van der Waals surface area (Å²) in [5.41, 5.74) is 2.02. The maximum Gasteiger partial charge on any atom is 0.248 e. The van der Waals surface area contributed by atoms with Crippen LogP contribution in [0.2, 0.25) is 0 Å². The van der Waals surface area contributed by atoms with E-state index in [-0.39, 0.29) is 10.8 Å². The first kappa shape index (κ1) is 19.3. The van der Waals surface area contributed by atoms with Crippen LogP contribution in [0.3, 0.4) is 0 Å². The summed E-state index contributed by atoms with van der Waals surface area (Å²) in [7, 11) is -3.62. The van der Waals surface area contributed by atoms with Crippen LogP contribution < -0.4 is 0 Å². The van der Waals surface area contributed by atoms with Crippen molar-refractivity contribution in [2.45, 2.75) is 11.8 Å². The molecule has 1 aliphatic heterocycles. The third-order valence-corrected chi connectivity index (χ3v) is 7.11. The van der Waals surface area contributed by atoms with E-state index < -0.39 is 10.0 Å². The fourth-order valence-corrected chi connectivity index (χ4v) is 4.91. The first-order valence-electron chi connectivity index (χ1n) is 8.73. The molecule has 1 aliphatic rings. The lowest BCUT2D eigenvalue weighted by Gasteiger charge is -2.26. The maximum absolute atomic E-state index is 13.0. The number of rotatable bonds is 4. The van der Waals surface area contributed by atoms with Crippen molar-refractivity contribution in [3.63, 3.8) is 0 Å². The molecule has 0 amide bonds. The third-order valence-electron chi connectivity index (χ3n) is 4.54. The Morgan fingerprint density at radius 3 is 2.25 bits per heavy atom. The van der Waals surface area contributed by atoms with Crippen LogP contribution in [0, 0.1) is 6.92 Å². The smallest absolute Gasteiger partial charge is 0.248 e. The molecule has 0 unspecified atom stereocenters. The van der Waals surface area contributed by atoms with Gasteiger partial charge in [-0.15, -0.1) is 10.2 Å². The highest BCUT2D eigenvalue weighted by atomic mass is 79.9. The molecule has 2 aromatic carbocycles. The Morgan fingerprint density at radius 1 is 0.964 bits per heavy atom. The fourth-order valence-electron chi connectivity index (χ4n) is 2.99. The Balaban J connectivity index is 1.68. The highest BCUT2D eigenvalue weighted by Gasteiger charge is 2.28. The van der Waals surface area contributed by atoms with Crippen molar-refractivity contribution in [3.05, 3.63) is 52.5 Å². The van der Waals surface area contributed by atoms with E-state index in [0.29, 0.717) is 43.3 Å². The minimum atomic E-state index is -3.62. The Hall–Kier alpha value is -2.07. The second kappa shape index (κ2) is 7.75. The average molecular weight is 464 g/mol. The first-order chi connectivity index (χ1) is 13.4. The van der Waals surface area contributed by atoms with Crippen LogP contribution in [0.1, 0.15) is 5.56 Å². The quantitative estimate of drug-likeness (QED) is 0.588. The van der Waals surface area contributed by atoms with Gasteiger partial charge >= 0.3 is 0 Å². The normalized spacial score (nSPS) is 15.6. The lowest BCUT2D eigenvalue weighted by atomic mass is 10.1. The van der Waals surface area contributed by atoms with Gasteiger partial charge in [0.1, 0.15) is 0 Å². The highest BCUT2D eigenvalue weighted by molar-refractivity contribution is 9.10. The van der Waals surface area contributed by atoms with Crippen LogP contribution in [-0.4, -0.2) is 49.2 Å². The van der Waals surface area contributed by atoms with Gasteiger partial charge in [-0.05, 0) is 48.9 Å². The van der Waals surface area contributed by atoms with Gasteiger partial charge in [-0.1, -0.05) is 22.0 Å². The summed E-state index contributed by atoms with van der Waals surface area (Å²) in [5.74, 6) is 0.650. The molecular weight excluding hydrogens is 446 g/mol. The monoisotopic (exact) mass is 463 g/mol. The van der Waals surface area contributed by atoms with E-state index >= 15 is 0 Å². The number of sulfonamides is 1. The fraction of sp³-hybridized carbons (Fsp3) is 0.263. The van der Waals surface area contributed by atoms with Crippen molar-refractivity contribution >= 4 is 26.0 Å². The van der Waals surface area contributed by atoms with Crippen molar-refractivity contribution in [2.24, 2.45) is 0 Å². The van der Waals surface area contributed by atoms with Gasteiger partial charge in [0.15, 0.2) is 0 Å². The summed E-state index contributed by atoms with van der Waals surface area (Å²) >= 11 is 3.39. The summed E-state index contributed by atoms with van der Waals surface area (Å²) in [6.07, 6.45) is 0. The second-order valence-electron chi connectivity index (χ2n) is 6.42. The molecule has 0 bridgehead atoms. The molecule has 7 nitrogen and oxygen atoms in total. The van der Waals surface area contributed by atoms with Crippen LogP contribution in [0.4, 0.5) is 0 Å². The second-order valence-corrected chi connectivity index (χ2v) is 9.24. The summed E-state index contributed by atoms with van der Waals surface area (Å²) in [4.78, 5) is 0.246. The van der Waals surface area contributed by atoms with Gasteiger partial charge in [-0.3, -0.25) is 0 Å². The molecule has 0 saturated carbocycles. The topological polar surface area (TPSA) is 85.5 Å². The van der Waals surface area contributed by atoms with E-state index in [4.69, 9.17) is 9.15 Å². The number of morpholine rings is 1. The summed E-state index contributed by atoms with van der Waals surface area (Å²) in [5, 5.41) is 8.18.